The maximum atomic E-state index is 9.22. The summed E-state index contributed by atoms with van der Waals surface area (Å²) >= 11 is 0. The lowest BCUT2D eigenvalue weighted by Gasteiger charge is -2.19. The Labute approximate surface area is 222 Å². The molecule has 1 heterocycles. The summed E-state index contributed by atoms with van der Waals surface area (Å²) in [5, 5.41) is 14.2. The molecule has 5 aromatic rings. The monoisotopic (exact) mass is 489 g/mol. The van der Waals surface area contributed by atoms with Gasteiger partial charge in [0.05, 0.1) is 5.71 Å². The Hall–Kier alpha value is -4.89. The van der Waals surface area contributed by atoms with Crippen molar-refractivity contribution in [3.05, 3.63) is 138 Å². The minimum absolute atomic E-state index is 0.447. The van der Waals surface area contributed by atoms with Crippen LogP contribution in [0.1, 0.15) is 24.0 Å². The lowest BCUT2D eigenvalue weighted by atomic mass is 9.85. The van der Waals surface area contributed by atoms with Gasteiger partial charge in [-0.1, -0.05) is 78.9 Å². The molecule has 38 heavy (non-hydrogen) atoms. The van der Waals surface area contributed by atoms with Gasteiger partial charge in [0.25, 0.3) is 0 Å². The standard InChI is InChI=1S/C35H27N3/c1-37-23-34(26-12-6-10-24(19-26)29-14-8-18-38-22-29)35(36)28-13-7-11-25(20-28)33-21-27-9-2-3-15-30(27)31-16-4-5-17-32(31)33/h2-6,8-10,12-23,36H,1,7,11H2/b34-23-,36-35?. The Morgan fingerprint density at radius 1 is 0.842 bits per heavy atom. The molecule has 1 aliphatic carbocycles. The molecule has 4 aromatic carbocycles. The Kier molecular flexibility index (Phi) is 6.33. The quantitative estimate of drug-likeness (QED) is 0.188. The number of aliphatic imine (C=N–C) groups is 1. The average molecular weight is 490 g/mol. The van der Waals surface area contributed by atoms with E-state index in [1.54, 1.807) is 12.4 Å². The highest BCUT2D eigenvalue weighted by Gasteiger charge is 2.18. The molecule has 0 amide bonds. The molecule has 3 heteroatoms. The third-order valence-corrected chi connectivity index (χ3v) is 7.17. The van der Waals surface area contributed by atoms with Crippen LogP contribution in [0.4, 0.5) is 0 Å². The molecule has 0 radical (unpaired) electrons. The number of fused-ring (bicyclic) bond motifs is 3. The van der Waals surface area contributed by atoms with Crippen LogP contribution in [0.25, 0.3) is 43.8 Å². The van der Waals surface area contributed by atoms with E-state index in [0.717, 1.165) is 40.7 Å². The number of pyridine rings is 1. The minimum atomic E-state index is 0.447. The van der Waals surface area contributed by atoms with Crippen molar-refractivity contribution in [2.24, 2.45) is 4.99 Å². The van der Waals surface area contributed by atoms with Gasteiger partial charge in [-0.2, -0.15) is 0 Å². The van der Waals surface area contributed by atoms with E-state index in [1.807, 2.05) is 30.5 Å². The zero-order valence-electron chi connectivity index (χ0n) is 21.1. The predicted octanol–water partition coefficient (Wildman–Crippen LogP) is 8.92. The molecule has 3 nitrogen and oxygen atoms in total. The van der Waals surface area contributed by atoms with Gasteiger partial charge < -0.3 is 0 Å². The van der Waals surface area contributed by atoms with Gasteiger partial charge in [0, 0.05) is 29.7 Å². The van der Waals surface area contributed by atoms with Crippen molar-refractivity contribution in [1.82, 2.24) is 4.98 Å². The molecule has 0 saturated carbocycles. The first-order chi connectivity index (χ1) is 18.7. The molecular formula is C35H27N3. The van der Waals surface area contributed by atoms with Crippen LogP contribution in [0.5, 0.6) is 0 Å². The summed E-state index contributed by atoms with van der Waals surface area (Å²) in [4.78, 5) is 8.33. The maximum absolute atomic E-state index is 9.22. The number of rotatable bonds is 6. The van der Waals surface area contributed by atoms with Crippen LogP contribution in [0.2, 0.25) is 0 Å². The van der Waals surface area contributed by atoms with Crippen molar-refractivity contribution in [2.45, 2.75) is 12.8 Å². The molecule has 0 aliphatic heterocycles. The van der Waals surface area contributed by atoms with Crippen LogP contribution in [-0.4, -0.2) is 17.4 Å². The van der Waals surface area contributed by atoms with E-state index in [9.17, 15) is 5.41 Å². The zero-order chi connectivity index (χ0) is 25.9. The van der Waals surface area contributed by atoms with Crippen LogP contribution in [0, 0.1) is 5.41 Å². The van der Waals surface area contributed by atoms with Crippen molar-refractivity contribution in [2.75, 3.05) is 0 Å². The number of allylic oxidation sites excluding steroid dienone is 5. The van der Waals surface area contributed by atoms with Crippen LogP contribution >= 0.6 is 0 Å². The van der Waals surface area contributed by atoms with Gasteiger partial charge in [0.2, 0.25) is 0 Å². The van der Waals surface area contributed by atoms with Gasteiger partial charge in [-0.05, 0) is 93.2 Å². The van der Waals surface area contributed by atoms with Crippen molar-refractivity contribution < 1.29 is 0 Å². The number of nitrogens with zero attached hydrogens (tertiary/aromatic N) is 2. The lowest BCUT2D eigenvalue weighted by Crippen LogP contribution is -2.07. The third kappa shape index (κ3) is 4.39. The Balaban J connectivity index is 1.41. The molecule has 182 valence electrons. The summed E-state index contributed by atoms with van der Waals surface area (Å²) in [5.74, 6) is 0. The minimum Gasteiger partial charge on any atom is -0.300 e. The fraction of sp³-hybridized carbons (Fsp3) is 0.0571. The average Bonchev–Trinajstić information content (AvgIpc) is 3.00. The fourth-order valence-electron chi connectivity index (χ4n) is 5.34. The Morgan fingerprint density at radius 2 is 1.63 bits per heavy atom. The molecule has 1 aliphatic rings. The van der Waals surface area contributed by atoms with E-state index >= 15 is 0 Å². The summed E-state index contributed by atoms with van der Waals surface area (Å²) in [6.45, 7) is 3.69. The Bertz CT molecular complexity index is 1790. The van der Waals surface area contributed by atoms with Gasteiger partial charge >= 0.3 is 0 Å². The summed E-state index contributed by atoms with van der Waals surface area (Å²) in [5.41, 5.74) is 7.61. The zero-order valence-corrected chi connectivity index (χ0v) is 21.1. The van der Waals surface area contributed by atoms with E-state index in [2.05, 4.69) is 95.6 Å². The summed E-state index contributed by atoms with van der Waals surface area (Å²) in [6.07, 6.45) is 11.5. The van der Waals surface area contributed by atoms with Crippen LogP contribution in [0.3, 0.4) is 0 Å². The Morgan fingerprint density at radius 3 is 2.45 bits per heavy atom. The largest absolute Gasteiger partial charge is 0.300 e. The van der Waals surface area contributed by atoms with E-state index in [0.29, 0.717) is 5.71 Å². The summed E-state index contributed by atoms with van der Waals surface area (Å²) in [7, 11) is 0. The van der Waals surface area contributed by atoms with Gasteiger partial charge in [-0.3, -0.25) is 15.4 Å². The normalized spacial score (nSPS) is 13.7. The molecule has 6 rings (SSSR count). The molecule has 0 fully saturated rings. The number of benzene rings is 4. The lowest BCUT2D eigenvalue weighted by molar-refractivity contribution is 1.05. The van der Waals surface area contributed by atoms with Gasteiger partial charge in [-0.15, -0.1) is 0 Å². The van der Waals surface area contributed by atoms with Crippen LogP contribution in [-0.2, 0) is 0 Å². The number of hydrogen-bond donors (Lipinski definition) is 1. The first kappa shape index (κ1) is 23.5. The van der Waals surface area contributed by atoms with Crippen LogP contribution in [0.15, 0.2) is 132 Å². The molecule has 1 aromatic heterocycles. The highest BCUT2D eigenvalue weighted by Crippen LogP contribution is 2.37. The highest BCUT2D eigenvalue weighted by atomic mass is 14.6. The van der Waals surface area contributed by atoms with Gasteiger partial charge in [0.15, 0.2) is 0 Å². The first-order valence-corrected chi connectivity index (χ1v) is 12.8. The van der Waals surface area contributed by atoms with Crippen molar-refractivity contribution in [3.8, 4) is 11.1 Å². The molecule has 1 N–H and O–H groups in total. The van der Waals surface area contributed by atoms with Crippen molar-refractivity contribution in [1.29, 1.82) is 5.41 Å². The molecular weight excluding hydrogens is 462 g/mol. The highest BCUT2D eigenvalue weighted by molar-refractivity contribution is 6.32. The fourth-order valence-corrected chi connectivity index (χ4v) is 5.34. The second kappa shape index (κ2) is 10.2. The van der Waals surface area contributed by atoms with E-state index in [1.165, 1.54) is 32.7 Å². The summed E-state index contributed by atoms with van der Waals surface area (Å²) in [6, 6.07) is 31.6. The SMILES string of the molecule is C=N/C=C(\C(=N)C1=CCCC(c2cc3ccccc3c3ccccc23)=C1)c1cccc(-c2cccnc2)c1. The smallest absolute Gasteiger partial charge is 0.0702 e. The van der Waals surface area contributed by atoms with Gasteiger partial charge in [-0.25, -0.2) is 0 Å². The van der Waals surface area contributed by atoms with E-state index in [-0.39, 0.29) is 0 Å². The van der Waals surface area contributed by atoms with Gasteiger partial charge in [0.1, 0.15) is 0 Å². The first-order valence-electron chi connectivity index (χ1n) is 12.8. The van der Waals surface area contributed by atoms with E-state index < -0.39 is 0 Å². The second-order valence-corrected chi connectivity index (χ2v) is 9.48. The van der Waals surface area contributed by atoms with Crippen molar-refractivity contribution >= 4 is 45.1 Å². The predicted molar refractivity (Wildman–Crippen MR) is 162 cm³/mol. The molecule has 0 atom stereocenters. The van der Waals surface area contributed by atoms with Crippen molar-refractivity contribution in [3.63, 3.8) is 0 Å². The number of nitrogens with one attached hydrogen (secondary N) is 1. The van der Waals surface area contributed by atoms with E-state index in [4.69, 9.17) is 0 Å². The maximum Gasteiger partial charge on any atom is 0.0702 e. The summed E-state index contributed by atoms with van der Waals surface area (Å²) < 4.78 is 0. The van der Waals surface area contributed by atoms with Crippen LogP contribution < -0.4 is 0 Å². The molecule has 0 bridgehead atoms. The molecule has 0 unspecified atom stereocenters. The molecule has 0 saturated heterocycles. The number of hydrogen-bond acceptors (Lipinski definition) is 3. The second-order valence-electron chi connectivity index (χ2n) is 9.48. The molecule has 0 spiro atoms. The topological polar surface area (TPSA) is 49.1 Å². The third-order valence-electron chi connectivity index (χ3n) is 7.17. The number of aromatic nitrogens is 1.